The van der Waals surface area contributed by atoms with Crippen molar-refractivity contribution in [3.05, 3.63) is 77.3 Å². The first-order valence-corrected chi connectivity index (χ1v) is 12.2. The number of hydrogen-bond acceptors (Lipinski definition) is 5. The van der Waals surface area contributed by atoms with Gasteiger partial charge in [0, 0.05) is 35.7 Å². The Kier molecular flexibility index (Phi) is 5.49. The van der Waals surface area contributed by atoms with Crippen LogP contribution in [0.15, 0.2) is 60.9 Å². The van der Waals surface area contributed by atoms with Crippen LogP contribution in [0.2, 0.25) is 5.15 Å². The highest BCUT2D eigenvalue weighted by atomic mass is 35.5. The number of fused-ring (bicyclic) bond motifs is 2. The van der Waals surface area contributed by atoms with Gasteiger partial charge >= 0.3 is 6.09 Å². The Hall–Kier alpha value is -4.11. The number of hydrogen-bond donors (Lipinski definition) is 2. The molecule has 0 radical (unpaired) electrons. The zero-order valence-electron chi connectivity index (χ0n) is 19.4. The highest BCUT2D eigenvalue weighted by Gasteiger charge is 2.27. The van der Waals surface area contributed by atoms with Gasteiger partial charge in [0.15, 0.2) is 5.82 Å². The number of carboxylic acid groups (broad SMARTS) is 1. The molecule has 0 spiro atoms. The number of halogens is 1. The number of amides is 1. The van der Waals surface area contributed by atoms with Gasteiger partial charge in [-0.15, -0.1) is 0 Å². The van der Waals surface area contributed by atoms with Crippen LogP contribution in [-0.2, 0) is 6.54 Å². The second-order valence-corrected chi connectivity index (χ2v) is 9.46. The molecule has 0 aliphatic carbocycles. The van der Waals surface area contributed by atoms with E-state index in [0.29, 0.717) is 30.6 Å². The fraction of sp³-hybridized carbons (Fsp3) is 0.231. The molecule has 0 bridgehead atoms. The molecule has 3 N–H and O–H groups in total. The standard InChI is InChI=1S/C26H24ClN7O2/c27-24-19-7-6-18(12-21(19)31-33(24)14-16-4-2-1-3-5-16)20-13-22(34-23(20)25(28)29-15-30-34)17-8-10-32(11-9-17)26(35)36/h1-7,12-13,15,17H,8-11,14H2,(H,35,36)(H2,28,29,30). The summed E-state index contributed by atoms with van der Waals surface area (Å²) in [5, 5.41) is 20.1. The fourth-order valence-electron chi connectivity index (χ4n) is 5.10. The first-order valence-electron chi connectivity index (χ1n) is 11.8. The van der Waals surface area contributed by atoms with Gasteiger partial charge in [0.05, 0.1) is 12.1 Å². The number of likely N-dealkylation sites (tertiary alicyclic amines) is 1. The molecule has 6 rings (SSSR count). The molecule has 36 heavy (non-hydrogen) atoms. The van der Waals surface area contributed by atoms with Crippen molar-refractivity contribution in [1.82, 2.24) is 29.3 Å². The number of anilines is 1. The fourth-order valence-corrected chi connectivity index (χ4v) is 5.36. The second-order valence-electron chi connectivity index (χ2n) is 9.10. The van der Waals surface area contributed by atoms with Crippen LogP contribution in [-0.4, -0.2) is 53.6 Å². The summed E-state index contributed by atoms with van der Waals surface area (Å²) in [6.45, 7) is 1.57. The van der Waals surface area contributed by atoms with Crippen LogP contribution in [0.5, 0.6) is 0 Å². The average Bonchev–Trinajstić information content (AvgIpc) is 3.43. The van der Waals surface area contributed by atoms with E-state index in [2.05, 4.69) is 16.1 Å². The summed E-state index contributed by atoms with van der Waals surface area (Å²) in [5.74, 6) is 0.557. The van der Waals surface area contributed by atoms with Crippen molar-refractivity contribution in [2.45, 2.75) is 25.3 Å². The van der Waals surface area contributed by atoms with Crippen LogP contribution >= 0.6 is 11.6 Å². The number of carbonyl (C=O) groups is 1. The van der Waals surface area contributed by atoms with E-state index >= 15 is 0 Å². The molecule has 1 amide bonds. The number of piperidine rings is 1. The lowest BCUT2D eigenvalue weighted by molar-refractivity contribution is 0.131. The van der Waals surface area contributed by atoms with Crippen molar-refractivity contribution < 1.29 is 9.90 Å². The van der Waals surface area contributed by atoms with Gasteiger partial charge in [-0.2, -0.15) is 10.2 Å². The molecule has 10 heteroatoms. The van der Waals surface area contributed by atoms with E-state index in [1.54, 1.807) is 0 Å². The molecular weight excluding hydrogens is 478 g/mol. The first kappa shape index (κ1) is 22.4. The lowest BCUT2D eigenvalue weighted by Crippen LogP contribution is -2.37. The predicted octanol–water partition coefficient (Wildman–Crippen LogP) is 4.89. The molecule has 0 atom stereocenters. The van der Waals surface area contributed by atoms with Crippen molar-refractivity contribution in [1.29, 1.82) is 0 Å². The van der Waals surface area contributed by atoms with Gasteiger partial charge in [0.1, 0.15) is 17.0 Å². The summed E-state index contributed by atoms with van der Waals surface area (Å²) in [5.41, 5.74) is 11.8. The average molecular weight is 502 g/mol. The van der Waals surface area contributed by atoms with Gasteiger partial charge in [-0.05, 0) is 42.2 Å². The van der Waals surface area contributed by atoms with Gasteiger partial charge in [0.25, 0.3) is 0 Å². The Labute approximate surface area is 211 Å². The summed E-state index contributed by atoms with van der Waals surface area (Å²) >= 11 is 6.68. The molecule has 1 aliphatic rings. The lowest BCUT2D eigenvalue weighted by atomic mass is 9.93. The van der Waals surface area contributed by atoms with E-state index in [4.69, 9.17) is 22.4 Å². The second kappa shape index (κ2) is 8.83. The van der Waals surface area contributed by atoms with Crippen LogP contribution < -0.4 is 5.73 Å². The van der Waals surface area contributed by atoms with E-state index in [9.17, 15) is 9.90 Å². The minimum absolute atomic E-state index is 0.166. The Bertz CT molecular complexity index is 1590. The summed E-state index contributed by atoms with van der Waals surface area (Å²) in [6.07, 6.45) is 2.02. The Morgan fingerprint density at radius 3 is 2.64 bits per heavy atom. The molecule has 1 fully saturated rings. The third-order valence-corrected chi connectivity index (χ3v) is 7.35. The predicted molar refractivity (Wildman–Crippen MR) is 138 cm³/mol. The maximum Gasteiger partial charge on any atom is 0.407 e. The largest absolute Gasteiger partial charge is 0.465 e. The summed E-state index contributed by atoms with van der Waals surface area (Å²) < 4.78 is 3.66. The van der Waals surface area contributed by atoms with E-state index in [1.807, 2.05) is 57.7 Å². The Morgan fingerprint density at radius 2 is 1.89 bits per heavy atom. The molecule has 0 unspecified atom stereocenters. The van der Waals surface area contributed by atoms with E-state index in [-0.39, 0.29) is 5.92 Å². The van der Waals surface area contributed by atoms with Gasteiger partial charge in [0.2, 0.25) is 0 Å². The molecule has 2 aromatic carbocycles. The molecule has 182 valence electrons. The maximum absolute atomic E-state index is 11.3. The number of benzene rings is 2. The maximum atomic E-state index is 11.3. The third kappa shape index (κ3) is 3.81. The van der Waals surface area contributed by atoms with Crippen LogP contribution in [0.25, 0.3) is 27.5 Å². The van der Waals surface area contributed by atoms with Crippen molar-refractivity contribution in [2.75, 3.05) is 18.8 Å². The number of nitrogens with zero attached hydrogens (tertiary/aromatic N) is 6. The quantitative estimate of drug-likeness (QED) is 0.362. The third-order valence-electron chi connectivity index (χ3n) is 6.96. The minimum Gasteiger partial charge on any atom is -0.465 e. The van der Waals surface area contributed by atoms with Crippen molar-refractivity contribution in [3.63, 3.8) is 0 Å². The Morgan fingerprint density at radius 1 is 1.11 bits per heavy atom. The minimum atomic E-state index is -0.876. The summed E-state index contributed by atoms with van der Waals surface area (Å²) in [4.78, 5) is 17.0. The van der Waals surface area contributed by atoms with E-state index < -0.39 is 6.09 Å². The molecule has 3 aromatic heterocycles. The molecule has 0 saturated carbocycles. The highest BCUT2D eigenvalue weighted by molar-refractivity contribution is 6.34. The number of nitrogens with two attached hydrogens (primary N) is 1. The number of nitrogen functional groups attached to an aromatic ring is 1. The van der Waals surface area contributed by atoms with E-state index in [0.717, 1.165) is 51.6 Å². The molecular formula is C26H24ClN7O2. The zero-order valence-corrected chi connectivity index (χ0v) is 20.1. The highest BCUT2D eigenvalue weighted by Crippen LogP contribution is 2.38. The van der Waals surface area contributed by atoms with Crippen molar-refractivity contribution >= 4 is 39.9 Å². The summed E-state index contributed by atoms with van der Waals surface area (Å²) in [6, 6.07) is 18.2. The number of aromatic nitrogens is 5. The van der Waals surface area contributed by atoms with Crippen LogP contribution in [0.3, 0.4) is 0 Å². The van der Waals surface area contributed by atoms with E-state index in [1.165, 1.54) is 11.2 Å². The molecule has 9 nitrogen and oxygen atoms in total. The first-order chi connectivity index (χ1) is 17.5. The lowest BCUT2D eigenvalue weighted by Gasteiger charge is -2.29. The van der Waals surface area contributed by atoms with Crippen molar-refractivity contribution in [3.8, 4) is 11.1 Å². The Balaban J connectivity index is 1.40. The molecule has 1 aliphatic heterocycles. The van der Waals surface area contributed by atoms with Gasteiger partial charge < -0.3 is 15.7 Å². The molecule has 1 saturated heterocycles. The molecule has 5 aromatic rings. The normalized spacial score (nSPS) is 14.6. The smallest absolute Gasteiger partial charge is 0.407 e. The van der Waals surface area contributed by atoms with Crippen LogP contribution in [0, 0.1) is 0 Å². The molecule has 4 heterocycles. The van der Waals surface area contributed by atoms with Crippen LogP contribution in [0.4, 0.5) is 10.6 Å². The topological polar surface area (TPSA) is 115 Å². The zero-order chi connectivity index (χ0) is 24.8. The van der Waals surface area contributed by atoms with Crippen LogP contribution in [0.1, 0.15) is 30.0 Å². The number of rotatable bonds is 4. The van der Waals surface area contributed by atoms with Gasteiger partial charge in [-0.3, -0.25) is 0 Å². The SMILES string of the molecule is Nc1ncnn2c(C3CCN(C(=O)O)CC3)cc(-c3ccc4c(Cl)n(Cc5ccccc5)nc4c3)c12. The summed E-state index contributed by atoms with van der Waals surface area (Å²) in [7, 11) is 0. The monoisotopic (exact) mass is 501 g/mol. The van der Waals surface area contributed by atoms with Gasteiger partial charge in [-0.25, -0.2) is 19.0 Å². The van der Waals surface area contributed by atoms with Gasteiger partial charge in [-0.1, -0.05) is 48.0 Å². The van der Waals surface area contributed by atoms with Crippen molar-refractivity contribution in [2.24, 2.45) is 0 Å².